The number of carbonyl (C=O) groups excluding carboxylic acids is 1. The highest BCUT2D eigenvalue weighted by molar-refractivity contribution is 5.79. The molecular weight excluding hydrogens is 264 g/mol. The molecule has 4 nitrogen and oxygen atoms in total. The molecule has 1 saturated carbocycles. The second-order valence-corrected chi connectivity index (χ2v) is 7.09. The zero-order valence-corrected chi connectivity index (χ0v) is 13.8. The summed E-state index contributed by atoms with van der Waals surface area (Å²) < 4.78 is 0. The lowest BCUT2D eigenvalue weighted by Gasteiger charge is -2.38. The number of hydrogen-bond acceptors (Lipinski definition) is 3. The van der Waals surface area contributed by atoms with Gasteiger partial charge in [0.05, 0.1) is 6.54 Å². The van der Waals surface area contributed by atoms with Gasteiger partial charge in [0.25, 0.3) is 0 Å². The average molecular weight is 296 g/mol. The minimum atomic E-state index is 0.270. The van der Waals surface area contributed by atoms with E-state index in [1.165, 1.54) is 32.1 Å². The molecule has 0 radical (unpaired) electrons. The Hall–Kier alpha value is -0.610. The van der Waals surface area contributed by atoms with E-state index in [0.29, 0.717) is 30.5 Å². The van der Waals surface area contributed by atoms with Crippen LogP contribution in [0, 0.1) is 5.92 Å². The molecule has 2 aliphatic rings. The molecule has 0 aromatic rings. The third-order valence-corrected chi connectivity index (χ3v) is 5.08. The minimum absolute atomic E-state index is 0.270. The van der Waals surface area contributed by atoms with E-state index in [2.05, 4.69) is 23.6 Å². The Morgan fingerprint density at radius 3 is 2.57 bits per heavy atom. The van der Waals surface area contributed by atoms with E-state index in [1.807, 2.05) is 0 Å². The zero-order valence-electron chi connectivity index (χ0n) is 13.8. The van der Waals surface area contributed by atoms with Crippen LogP contribution in [0.15, 0.2) is 0 Å². The molecule has 1 atom stereocenters. The summed E-state index contributed by atoms with van der Waals surface area (Å²) in [6.07, 6.45) is 8.22. The van der Waals surface area contributed by atoms with Crippen LogP contribution in [0.4, 0.5) is 0 Å². The highest BCUT2D eigenvalue weighted by atomic mass is 16.3. The van der Waals surface area contributed by atoms with Gasteiger partial charge < -0.3 is 10.0 Å². The fourth-order valence-electron chi connectivity index (χ4n) is 4.02. The average Bonchev–Trinajstić information content (AvgIpc) is 2.87. The number of nitrogens with zero attached hydrogens (tertiary/aromatic N) is 2. The van der Waals surface area contributed by atoms with Crippen molar-refractivity contribution in [2.45, 2.75) is 70.9 Å². The van der Waals surface area contributed by atoms with E-state index >= 15 is 0 Å². The van der Waals surface area contributed by atoms with Crippen LogP contribution in [0.25, 0.3) is 0 Å². The Balaban J connectivity index is 1.87. The maximum Gasteiger partial charge on any atom is 0.237 e. The van der Waals surface area contributed by atoms with Crippen molar-refractivity contribution in [1.82, 2.24) is 9.80 Å². The molecule has 1 amide bonds. The van der Waals surface area contributed by atoms with E-state index in [0.717, 1.165) is 25.9 Å². The predicted molar refractivity (Wildman–Crippen MR) is 85.1 cm³/mol. The van der Waals surface area contributed by atoms with Crippen molar-refractivity contribution in [3.05, 3.63) is 0 Å². The SMILES string of the molecule is CC(C)N(C(=O)CN1CCC(CCO)C1)C1CCCCC1. The molecule has 4 heteroatoms. The Morgan fingerprint density at radius 2 is 1.95 bits per heavy atom. The van der Waals surface area contributed by atoms with Gasteiger partial charge in [-0.1, -0.05) is 19.3 Å². The van der Waals surface area contributed by atoms with Gasteiger partial charge in [-0.25, -0.2) is 0 Å². The van der Waals surface area contributed by atoms with Crippen molar-refractivity contribution in [2.75, 3.05) is 26.2 Å². The van der Waals surface area contributed by atoms with E-state index in [4.69, 9.17) is 5.11 Å². The van der Waals surface area contributed by atoms with Gasteiger partial charge in [0.15, 0.2) is 0 Å². The zero-order chi connectivity index (χ0) is 15.2. The van der Waals surface area contributed by atoms with Gasteiger partial charge >= 0.3 is 0 Å². The van der Waals surface area contributed by atoms with E-state index < -0.39 is 0 Å². The lowest BCUT2D eigenvalue weighted by atomic mass is 9.93. The van der Waals surface area contributed by atoms with Crippen LogP contribution in [0.5, 0.6) is 0 Å². The van der Waals surface area contributed by atoms with E-state index in [1.54, 1.807) is 0 Å². The fourth-order valence-corrected chi connectivity index (χ4v) is 4.02. The Labute approximate surface area is 129 Å². The smallest absolute Gasteiger partial charge is 0.237 e. The van der Waals surface area contributed by atoms with Gasteiger partial charge in [0.2, 0.25) is 5.91 Å². The van der Waals surface area contributed by atoms with Crippen molar-refractivity contribution in [2.24, 2.45) is 5.92 Å². The van der Waals surface area contributed by atoms with Gasteiger partial charge in [-0.05, 0) is 52.0 Å². The molecule has 122 valence electrons. The van der Waals surface area contributed by atoms with E-state index in [9.17, 15) is 4.79 Å². The summed E-state index contributed by atoms with van der Waals surface area (Å²) >= 11 is 0. The first kappa shape index (κ1) is 16.8. The fraction of sp³-hybridized carbons (Fsp3) is 0.941. The van der Waals surface area contributed by atoms with Crippen molar-refractivity contribution >= 4 is 5.91 Å². The molecular formula is C17H32N2O2. The predicted octanol–water partition coefficient (Wildman–Crippen LogP) is 2.26. The highest BCUT2D eigenvalue weighted by Crippen LogP contribution is 2.25. The van der Waals surface area contributed by atoms with Gasteiger partial charge in [0.1, 0.15) is 0 Å². The summed E-state index contributed by atoms with van der Waals surface area (Å²) in [7, 11) is 0. The van der Waals surface area contributed by atoms with Crippen LogP contribution < -0.4 is 0 Å². The largest absolute Gasteiger partial charge is 0.396 e. The van der Waals surface area contributed by atoms with Crippen LogP contribution in [-0.2, 0) is 4.79 Å². The molecule has 1 heterocycles. The molecule has 0 aromatic carbocycles. The molecule has 1 saturated heterocycles. The Kier molecular flexibility index (Phi) is 6.49. The molecule has 2 rings (SSSR count). The van der Waals surface area contributed by atoms with Crippen LogP contribution in [-0.4, -0.2) is 59.1 Å². The molecule has 0 bridgehead atoms. The van der Waals surface area contributed by atoms with Gasteiger partial charge in [-0.2, -0.15) is 0 Å². The summed E-state index contributed by atoms with van der Waals surface area (Å²) in [5.41, 5.74) is 0. The van der Waals surface area contributed by atoms with Crippen LogP contribution >= 0.6 is 0 Å². The second kappa shape index (κ2) is 8.14. The summed E-state index contributed by atoms with van der Waals surface area (Å²) in [6.45, 7) is 7.11. The molecule has 1 aliphatic carbocycles. The lowest BCUT2D eigenvalue weighted by molar-refractivity contribution is -0.137. The minimum Gasteiger partial charge on any atom is -0.396 e. The number of amides is 1. The van der Waals surface area contributed by atoms with Gasteiger partial charge in [-0.15, -0.1) is 0 Å². The number of carbonyl (C=O) groups is 1. The number of aliphatic hydroxyl groups excluding tert-OH is 1. The third-order valence-electron chi connectivity index (χ3n) is 5.08. The standard InChI is InChI=1S/C17H32N2O2/c1-14(2)19(16-6-4-3-5-7-16)17(21)13-18-10-8-15(12-18)9-11-20/h14-16,20H,3-13H2,1-2H3. The molecule has 0 spiro atoms. The molecule has 1 unspecified atom stereocenters. The van der Waals surface area contributed by atoms with Gasteiger partial charge in [0, 0.05) is 25.2 Å². The third kappa shape index (κ3) is 4.68. The normalized spacial score (nSPS) is 24.7. The number of rotatable bonds is 6. The summed E-state index contributed by atoms with van der Waals surface area (Å²) in [5, 5.41) is 9.03. The lowest BCUT2D eigenvalue weighted by Crippen LogP contribution is -2.49. The first-order valence-electron chi connectivity index (χ1n) is 8.76. The molecule has 1 N–H and O–H groups in total. The first-order chi connectivity index (χ1) is 10.1. The van der Waals surface area contributed by atoms with Crippen molar-refractivity contribution in [3.8, 4) is 0 Å². The molecule has 0 aromatic heterocycles. The summed E-state index contributed by atoms with van der Waals surface area (Å²) in [6, 6.07) is 0.763. The van der Waals surface area contributed by atoms with E-state index in [-0.39, 0.29) is 6.61 Å². The van der Waals surface area contributed by atoms with Gasteiger partial charge in [-0.3, -0.25) is 9.69 Å². The second-order valence-electron chi connectivity index (χ2n) is 7.09. The van der Waals surface area contributed by atoms with Crippen molar-refractivity contribution in [1.29, 1.82) is 0 Å². The Morgan fingerprint density at radius 1 is 1.24 bits per heavy atom. The van der Waals surface area contributed by atoms with Crippen LogP contribution in [0.3, 0.4) is 0 Å². The number of hydrogen-bond donors (Lipinski definition) is 1. The maximum atomic E-state index is 12.7. The van der Waals surface area contributed by atoms with Crippen LogP contribution in [0.2, 0.25) is 0 Å². The maximum absolute atomic E-state index is 12.7. The van der Waals surface area contributed by atoms with Crippen LogP contribution in [0.1, 0.15) is 58.8 Å². The first-order valence-corrected chi connectivity index (χ1v) is 8.76. The molecule has 2 fully saturated rings. The summed E-state index contributed by atoms with van der Waals surface area (Å²) in [5.74, 6) is 0.881. The van der Waals surface area contributed by atoms with Crippen molar-refractivity contribution in [3.63, 3.8) is 0 Å². The number of likely N-dealkylation sites (tertiary alicyclic amines) is 1. The monoisotopic (exact) mass is 296 g/mol. The topological polar surface area (TPSA) is 43.8 Å². The summed E-state index contributed by atoms with van der Waals surface area (Å²) in [4.78, 5) is 17.2. The van der Waals surface area contributed by atoms with Crippen molar-refractivity contribution < 1.29 is 9.90 Å². The molecule has 21 heavy (non-hydrogen) atoms. The molecule has 1 aliphatic heterocycles. The number of aliphatic hydroxyl groups is 1. The quantitative estimate of drug-likeness (QED) is 0.817. The highest BCUT2D eigenvalue weighted by Gasteiger charge is 2.30. The Bertz CT molecular complexity index is 327.